The maximum atomic E-state index is 14.2. The van der Waals surface area contributed by atoms with Crippen LogP contribution in [0.1, 0.15) is 18.2 Å². The molecule has 2 rings (SSSR count). The molecule has 0 aliphatic rings. The molecule has 0 bridgehead atoms. The maximum absolute atomic E-state index is 14.2. The molecule has 0 fully saturated rings. The normalized spacial score (nSPS) is 12.3. The molecule has 0 unspecified atom stereocenters. The van der Waals surface area contributed by atoms with E-state index in [4.69, 9.17) is 0 Å². The summed E-state index contributed by atoms with van der Waals surface area (Å²) < 4.78 is 40.4. The minimum Gasteiger partial charge on any atom is -0.336 e. The number of hydrogen-bond acceptors (Lipinski definition) is 3. The number of benzene rings is 1. The van der Waals surface area contributed by atoms with Crippen molar-refractivity contribution in [1.82, 2.24) is 4.98 Å². The highest BCUT2D eigenvalue weighted by Gasteiger charge is 2.22. The van der Waals surface area contributed by atoms with Gasteiger partial charge >= 0.3 is 0 Å². The maximum Gasteiger partial charge on any atom is 0.254 e. The number of anilines is 1. The van der Waals surface area contributed by atoms with Gasteiger partial charge in [0.2, 0.25) is 0 Å². The van der Waals surface area contributed by atoms with Crippen LogP contribution in [0.3, 0.4) is 0 Å². The second-order valence-corrected chi connectivity index (χ2v) is 6.39. The molecule has 0 aliphatic heterocycles. The van der Waals surface area contributed by atoms with Crippen molar-refractivity contribution in [2.24, 2.45) is 4.99 Å². The minimum atomic E-state index is -2.79. The Labute approximate surface area is 143 Å². The summed E-state index contributed by atoms with van der Waals surface area (Å²) in [5.74, 6) is -3.23. The number of amidine groups is 1. The molecule has 0 saturated carbocycles. The molecule has 3 nitrogen and oxygen atoms in total. The van der Waals surface area contributed by atoms with Crippen LogP contribution in [0.15, 0.2) is 46.4 Å². The van der Waals surface area contributed by atoms with Crippen LogP contribution in [0, 0.1) is 12.7 Å². The molecule has 24 heavy (non-hydrogen) atoms. The highest BCUT2D eigenvalue weighted by molar-refractivity contribution is 7.99. The van der Waals surface area contributed by atoms with Gasteiger partial charge in [0.1, 0.15) is 11.5 Å². The lowest BCUT2D eigenvalue weighted by Gasteiger charge is -2.15. The van der Waals surface area contributed by atoms with Gasteiger partial charge in [0.25, 0.3) is 5.92 Å². The van der Waals surface area contributed by atoms with Crippen LogP contribution in [-0.2, 0) is 0 Å². The van der Waals surface area contributed by atoms with Gasteiger partial charge in [-0.05, 0) is 36.8 Å². The summed E-state index contributed by atoms with van der Waals surface area (Å²) in [6, 6.07) is 8.16. The van der Waals surface area contributed by atoms with Crippen molar-refractivity contribution < 1.29 is 13.2 Å². The molecule has 0 radical (unpaired) electrons. The number of hydrogen-bond donors (Lipinski definition) is 1. The lowest BCUT2D eigenvalue weighted by atomic mass is 10.2. The summed E-state index contributed by atoms with van der Waals surface area (Å²) in [7, 11) is 1.57. The molecule has 128 valence electrons. The third-order valence-electron chi connectivity index (χ3n) is 3.13. The van der Waals surface area contributed by atoms with Crippen molar-refractivity contribution >= 4 is 23.3 Å². The summed E-state index contributed by atoms with van der Waals surface area (Å²) in [6.07, 6.45) is 1.61. The first kappa shape index (κ1) is 18.3. The molecule has 7 heteroatoms. The van der Waals surface area contributed by atoms with Gasteiger partial charge in [-0.1, -0.05) is 6.07 Å². The van der Waals surface area contributed by atoms with E-state index in [1.165, 1.54) is 12.1 Å². The molecule has 1 N–H and O–H groups in total. The number of halogens is 3. The van der Waals surface area contributed by atoms with Crippen molar-refractivity contribution in [3.63, 3.8) is 0 Å². The van der Waals surface area contributed by atoms with E-state index < -0.39 is 11.7 Å². The summed E-state index contributed by atoms with van der Waals surface area (Å²) in [4.78, 5) is 8.84. The fourth-order valence-electron chi connectivity index (χ4n) is 1.97. The van der Waals surface area contributed by atoms with Crippen LogP contribution in [0.25, 0.3) is 0 Å². The van der Waals surface area contributed by atoms with Crippen molar-refractivity contribution in [2.45, 2.75) is 24.7 Å². The monoisotopic (exact) mass is 353 g/mol. The average molecular weight is 353 g/mol. The first-order valence-electron chi connectivity index (χ1n) is 7.26. The quantitative estimate of drug-likeness (QED) is 0.478. The third-order valence-corrected chi connectivity index (χ3v) is 4.53. The molecule has 1 aromatic carbocycles. The number of alkyl halides is 2. The van der Waals surface area contributed by atoms with Crippen LogP contribution in [0.5, 0.6) is 0 Å². The number of aromatic nitrogens is 1. The van der Waals surface area contributed by atoms with Gasteiger partial charge in [-0.25, -0.2) is 13.2 Å². The van der Waals surface area contributed by atoms with E-state index >= 15 is 0 Å². The smallest absolute Gasteiger partial charge is 0.254 e. The fraction of sp³-hybridized carbons (Fsp3) is 0.294. The van der Waals surface area contributed by atoms with Crippen LogP contribution < -0.4 is 5.32 Å². The number of nitrogens with one attached hydrogen (secondary N) is 1. The zero-order valence-corrected chi connectivity index (χ0v) is 14.4. The second kappa shape index (κ2) is 7.70. The molecule has 0 saturated heterocycles. The van der Waals surface area contributed by atoms with E-state index in [1.54, 1.807) is 38.4 Å². The Morgan fingerprint density at radius 1 is 1.33 bits per heavy atom. The lowest BCUT2D eigenvalue weighted by molar-refractivity contribution is 0.0492. The molecule has 1 aromatic heterocycles. The van der Waals surface area contributed by atoms with E-state index in [1.807, 2.05) is 0 Å². The third kappa shape index (κ3) is 4.99. The predicted octanol–water partition coefficient (Wildman–Crippen LogP) is 4.76. The van der Waals surface area contributed by atoms with E-state index in [0.717, 1.165) is 18.7 Å². The van der Waals surface area contributed by atoms with Gasteiger partial charge in [0.05, 0.1) is 11.4 Å². The molecule has 0 atom stereocenters. The molecule has 2 aromatic rings. The van der Waals surface area contributed by atoms with Crippen molar-refractivity contribution in [1.29, 1.82) is 0 Å². The average Bonchev–Trinajstić information content (AvgIpc) is 2.53. The number of aryl methyl sites for hydroxylation is 1. The Bertz CT molecular complexity index is 728. The zero-order chi connectivity index (χ0) is 17.7. The van der Waals surface area contributed by atoms with Gasteiger partial charge in [0.15, 0.2) is 5.84 Å². The lowest BCUT2D eigenvalue weighted by Crippen LogP contribution is -2.16. The molecule has 0 amide bonds. The number of pyridine rings is 1. The van der Waals surface area contributed by atoms with E-state index in [9.17, 15) is 13.2 Å². The van der Waals surface area contributed by atoms with E-state index in [0.29, 0.717) is 22.0 Å². The van der Waals surface area contributed by atoms with Gasteiger partial charge in [-0.15, -0.1) is 11.8 Å². The Morgan fingerprint density at radius 2 is 2.08 bits per heavy atom. The number of aliphatic imine (C=N–C) groups is 1. The first-order chi connectivity index (χ1) is 11.3. The fourth-order valence-corrected chi connectivity index (χ4v) is 2.87. The molecular formula is C17H18F3N3S. The SMILES string of the molecule is CN=C(Nc1cc(SCC(C)(F)F)c(C)cc1F)c1ccccn1. The summed E-state index contributed by atoms with van der Waals surface area (Å²) in [5.41, 5.74) is 1.35. The molecule has 0 spiro atoms. The molecule has 0 aliphatic carbocycles. The highest BCUT2D eigenvalue weighted by atomic mass is 32.2. The standard InChI is InChI=1S/C17H18F3N3S/c1-11-8-12(18)14(9-15(11)24-10-17(2,19)20)23-16(21-3)13-6-4-5-7-22-13/h4-9H,10H2,1-3H3,(H,21,23). The number of rotatable bonds is 5. The van der Waals surface area contributed by atoms with Crippen molar-refractivity contribution in [3.8, 4) is 0 Å². The largest absolute Gasteiger partial charge is 0.336 e. The summed E-state index contributed by atoms with van der Waals surface area (Å²) in [6.45, 7) is 2.55. The second-order valence-electron chi connectivity index (χ2n) is 5.37. The Balaban J connectivity index is 2.26. The van der Waals surface area contributed by atoms with E-state index in [-0.39, 0.29) is 11.4 Å². The van der Waals surface area contributed by atoms with Crippen LogP contribution in [-0.4, -0.2) is 29.5 Å². The van der Waals surface area contributed by atoms with Crippen molar-refractivity contribution in [2.75, 3.05) is 18.1 Å². The Kier molecular flexibility index (Phi) is 5.88. The van der Waals surface area contributed by atoms with Crippen LogP contribution in [0.2, 0.25) is 0 Å². The molecular weight excluding hydrogens is 335 g/mol. The number of thioether (sulfide) groups is 1. The predicted molar refractivity (Wildman–Crippen MR) is 92.8 cm³/mol. The highest BCUT2D eigenvalue weighted by Crippen LogP contribution is 2.32. The van der Waals surface area contributed by atoms with Crippen molar-refractivity contribution in [3.05, 3.63) is 53.6 Å². The Hall–Kier alpha value is -2.02. The zero-order valence-electron chi connectivity index (χ0n) is 13.6. The van der Waals surface area contributed by atoms with E-state index in [2.05, 4.69) is 15.3 Å². The Morgan fingerprint density at radius 3 is 2.67 bits per heavy atom. The summed E-state index contributed by atoms with van der Waals surface area (Å²) >= 11 is 0.995. The molecule has 1 heterocycles. The summed E-state index contributed by atoms with van der Waals surface area (Å²) in [5, 5.41) is 2.89. The van der Waals surface area contributed by atoms with Gasteiger partial charge in [0, 0.05) is 25.1 Å². The first-order valence-corrected chi connectivity index (χ1v) is 8.24. The number of nitrogens with zero attached hydrogens (tertiary/aromatic N) is 2. The topological polar surface area (TPSA) is 37.3 Å². The van der Waals surface area contributed by atoms with Crippen LogP contribution >= 0.6 is 11.8 Å². The van der Waals surface area contributed by atoms with Gasteiger partial charge < -0.3 is 5.32 Å². The minimum absolute atomic E-state index is 0.175. The van der Waals surface area contributed by atoms with Gasteiger partial charge in [-0.2, -0.15) is 0 Å². The van der Waals surface area contributed by atoms with Crippen LogP contribution in [0.4, 0.5) is 18.9 Å². The van der Waals surface area contributed by atoms with Gasteiger partial charge in [-0.3, -0.25) is 9.98 Å².